The molecule has 1 aromatic heterocycles. The van der Waals surface area contributed by atoms with E-state index >= 15 is 0 Å². The Morgan fingerprint density at radius 3 is 2.10 bits per heavy atom. The molecule has 2 heterocycles. The van der Waals surface area contributed by atoms with Crippen molar-refractivity contribution in [1.82, 2.24) is 4.37 Å². The van der Waals surface area contributed by atoms with Gasteiger partial charge in [-0.3, -0.25) is 10.1 Å². The number of esters is 1. The van der Waals surface area contributed by atoms with Crippen LogP contribution in [0.2, 0.25) is 0 Å². The van der Waals surface area contributed by atoms with Crippen LogP contribution in [0.25, 0.3) is 21.6 Å². The Bertz CT molecular complexity index is 1790. The lowest BCUT2D eigenvalue weighted by Gasteiger charge is -2.38. The van der Waals surface area contributed by atoms with Crippen molar-refractivity contribution in [3.8, 4) is 21.6 Å². The summed E-state index contributed by atoms with van der Waals surface area (Å²) in [6.45, 7) is 3.63. The van der Waals surface area contributed by atoms with Crippen LogP contribution in [-0.4, -0.2) is 73.5 Å². The predicted molar refractivity (Wildman–Crippen MR) is 174 cm³/mol. The van der Waals surface area contributed by atoms with Crippen molar-refractivity contribution >= 4 is 35.3 Å². The normalized spacial score (nSPS) is 23.5. The standard InChI is InChI=1S/C35H34N2O10S/c1-18-25(36-34(44)45-19(2)20-6-4-3-5-7-20)30(48-37-18)23-10-8-21(9-11-23)22-12-14-24(15-13-22)35(16-17-35)33(43)47-32-28(40)26(38)27(39)29(46-32)31(41)42/h3-15,19,26-29,32,38-40H,16-17H2,1-2H3,(H,36,44)(H,41,42)/t19-,26?,27?,28?,29?,32?/m1/s1. The first-order valence-electron chi connectivity index (χ1n) is 15.3. The Kier molecular flexibility index (Phi) is 9.32. The third-order valence-electron chi connectivity index (χ3n) is 8.74. The highest BCUT2D eigenvalue weighted by Crippen LogP contribution is 2.50. The van der Waals surface area contributed by atoms with Gasteiger partial charge in [0.15, 0.2) is 6.10 Å². The maximum Gasteiger partial charge on any atom is 0.412 e. The minimum absolute atomic E-state index is 0.429. The van der Waals surface area contributed by atoms with E-state index < -0.39 is 60.3 Å². The predicted octanol–water partition coefficient (Wildman–Crippen LogP) is 4.56. The number of carboxylic acid groups (broad SMARTS) is 1. The summed E-state index contributed by atoms with van der Waals surface area (Å²) in [6, 6.07) is 24.6. The molecular weight excluding hydrogens is 640 g/mol. The van der Waals surface area contributed by atoms with Gasteiger partial charge in [-0.1, -0.05) is 78.9 Å². The molecule has 1 amide bonds. The van der Waals surface area contributed by atoms with Gasteiger partial charge >= 0.3 is 18.0 Å². The van der Waals surface area contributed by atoms with Crippen molar-refractivity contribution in [2.24, 2.45) is 0 Å². The number of aromatic nitrogens is 1. The van der Waals surface area contributed by atoms with Crippen molar-refractivity contribution in [2.45, 2.75) is 68.9 Å². The van der Waals surface area contributed by atoms with E-state index in [9.17, 15) is 34.8 Å². The number of nitrogens with zero attached hydrogens (tertiary/aromatic N) is 1. The van der Waals surface area contributed by atoms with Gasteiger partial charge in [0.05, 0.1) is 21.7 Å². The van der Waals surface area contributed by atoms with Crippen molar-refractivity contribution in [1.29, 1.82) is 0 Å². The minimum Gasteiger partial charge on any atom is -0.479 e. The molecule has 12 nitrogen and oxygen atoms in total. The average Bonchev–Trinajstić information content (AvgIpc) is 3.83. The van der Waals surface area contributed by atoms with Crippen molar-refractivity contribution in [3.05, 3.63) is 95.7 Å². The van der Waals surface area contributed by atoms with Crippen LogP contribution in [0, 0.1) is 6.92 Å². The number of aliphatic hydroxyl groups is 3. The molecule has 1 aliphatic carbocycles. The van der Waals surface area contributed by atoms with Crippen molar-refractivity contribution in [2.75, 3.05) is 5.32 Å². The second-order valence-electron chi connectivity index (χ2n) is 11.9. The van der Waals surface area contributed by atoms with Crippen LogP contribution in [0.1, 0.15) is 42.7 Å². The summed E-state index contributed by atoms with van der Waals surface area (Å²) < 4.78 is 20.5. The average molecular weight is 675 g/mol. The SMILES string of the molecule is Cc1nsc(-c2ccc(-c3ccc(C4(C(=O)OC5OC(C(=O)O)C(O)C(O)C5O)CC4)cc3)cc2)c1NC(=O)O[C@H](C)c1ccccc1. The molecule has 5 unspecified atom stereocenters. The molecule has 4 aromatic rings. The highest BCUT2D eigenvalue weighted by atomic mass is 32.1. The number of amides is 1. The Morgan fingerprint density at radius 1 is 0.896 bits per heavy atom. The number of rotatable bonds is 9. The van der Waals surface area contributed by atoms with Crippen LogP contribution < -0.4 is 5.32 Å². The molecule has 250 valence electrons. The number of hydrogen-bond acceptors (Lipinski definition) is 11. The van der Waals surface area contributed by atoms with Gasteiger partial charge in [0.1, 0.15) is 24.4 Å². The van der Waals surface area contributed by atoms with Gasteiger partial charge in [0, 0.05) is 0 Å². The minimum atomic E-state index is -1.88. The molecule has 48 heavy (non-hydrogen) atoms. The fourth-order valence-corrected chi connectivity index (χ4v) is 6.55. The van der Waals surface area contributed by atoms with E-state index in [1.165, 1.54) is 11.5 Å². The lowest BCUT2D eigenvalue weighted by atomic mass is 9.93. The van der Waals surface area contributed by atoms with Gasteiger partial charge in [-0.05, 0) is 66.0 Å². The third-order valence-corrected chi connectivity index (χ3v) is 9.72. The topological polar surface area (TPSA) is 185 Å². The number of ether oxygens (including phenoxy) is 3. The van der Waals surface area contributed by atoms with E-state index in [-0.39, 0.29) is 0 Å². The van der Waals surface area contributed by atoms with E-state index in [0.717, 1.165) is 27.1 Å². The summed E-state index contributed by atoms with van der Waals surface area (Å²) in [5.41, 5.74) is 4.48. The van der Waals surface area contributed by atoms with E-state index in [0.29, 0.717) is 29.8 Å². The largest absolute Gasteiger partial charge is 0.479 e. The molecule has 1 aliphatic heterocycles. The molecule has 2 aliphatic rings. The number of aryl methyl sites for hydroxylation is 1. The third kappa shape index (κ3) is 6.55. The number of anilines is 1. The van der Waals surface area contributed by atoms with Gasteiger partial charge in [0.25, 0.3) is 0 Å². The maximum absolute atomic E-state index is 13.2. The van der Waals surface area contributed by atoms with Crippen LogP contribution in [0.3, 0.4) is 0 Å². The Balaban J connectivity index is 1.11. The lowest BCUT2D eigenvalue weighted by Crippen LogP contribution is -2.60. The molecule has 0 bridgehead atoms. The maximum atomic E-state index is 13.2. The molecule has 1 saturated carbocycles. The molecule has 6 rings (SSSR count). The molecule has 6 atom stereocenters. The van der Waals surface area contributed by atoms with E-state index in [1.54, 1.807) is 0 Å². The number of aliphatic carboxylic acids is 1. The number of nitrogens with one attached hydrogen (secondary N) is 1. The summed E-state index contributed by atoms with van der Waals surface area (Å²) in [5.74, 6) is -2.29. The number of carbonyl (C=O) groups excluding carboxylic acids is 2. The van der Waals surface area contributed by atoms with Gasteiger partial charge < -0.3 is 34.6 Å². The fraction of sp³-hybridized carbons (Fsp3) is 0.314. The van der Waals surface area contributed by atoms with Gasteiger partial charge in [0.2, 0.25) is 6.29 Å². The first kappa shape index (κ1) is 33.2. The number of carboxylic acids is 1. The zero-order valence-corrected chi connectivity index (χ0v) is 26.8. The highest BCUT2D eigenvalue weighted by molar-refractivity contribution is 7.10. The summed E-state index contributed by atoms with van der Waals surface area (Å²) in [4.78, 5) is 38.1. The van der Waals surface area contributed by atoms with E-state index in [4.69, 9.17) is 14.2 Å². The molecule has 5 N–H and O–H groups in total. The van der Waals surface area contributed by atoms with Crippen LogP contribution in [0.15, 0.2) is 78.9 Å². The second-order valence-corrected chi connectivity index (χ2v) is 12.7. The van der Waals surface area contributed by atoms with Crippen molar-refractivity contribution in [3.63, 3.8) is 0 Å². The molecule has 13 heteroatoms. The summed E-state index contributed by atoms with van der Waals surface area (Å²) >= 11 is 1.27. The van der Waals surface area contributed by atoms with Crippen LogP contribution in [-0.2, 0) is 29.2 Å². The van der Waals surface area contributed by atoms with Gasteiger partial charge in [-0.2, -0.15) is 4.37 Å². The number of aliphatic hydroxyl groups excluding tert-OH is 3. The number of benzene rings is 3. The first-order valence-corrected chi connectivity index (χ1v) is 16.1. The van der Waals surface area contributed by atoms with Crippen LogP contribution >= 0.6 is 11.5 Å². The zero-order valence-electron chi connectivity index (χ0n) is 26.0. The highest BCUT2D eigenvalue weighted by Gasteiger charge is 2.56. The molecule has 2 fully saturated rings. The Hall–Kier alpha value is -4.66. The lowest BCUT2D eigenvalue weighted by molar-refractivity contribution is -0.287. The van der Waals surface area contributed by atoms with Gasteiger partial charge in [-0.25, -0.2) is 9.59 Å². The molecule has 0 radical (unpaired) electrons. The molecular formula is C35H34N2O10S. The van der Waals surface area contributed by atoms with Crippen LogP contribution in [0.5, 0.6) is 0 Å². The second kappa shape index (κ2) is 13.5. The van der Waals surface area contributed by atoms with Crippen molar-refractivity contribution < 1.29 is 49.0 Å². The Morgan fingerprint density at radius 2 is 1.50 bits per heavy atom. The quantitative estimate of drug-likeness (QED) is 0.157. The van der Waals surface area contributed by atoms with E-state index in [2.05, 4.69) is 9.69 Å². The number of hydrogen-bond donors (Lipinski definition) is 5. The Labute approximate surface area is 279 Å². The summed E-state index contributed by atoms with van der Waals surface area (Å²) in [6.07, 6.45) is -9.25. The summed E-state index contributed by atoms with van der Waals surface area (Å²) in [7, 11) is 0. The molecule has 0 spiro atoms. The zero-order chi connectivity index (χ0) is 34.2. The van der Waals surface area contributed by atoms with E-state index in [1.807, 2.05) is 92.7 Å². The summed E-state index contributed by atoms with van der Waals surface area (Å²) in [5, 5.41) is 42.3. The first-order chi connectivity index (χ1) is 23.0. The monoisotopic (exact) mass is 674 g/mol. The molecule has 3 aromatic carbocycles. The smallest absolute Gasteiger partial charge is 0.412 e. The molecule has 1 saturated heterocycles. The van der Waals surface area contributed by atoms with Gasteiger partial charge in [-0.15, -0.1) is 0 Å². The number of carbonyl (C=O) groups is 3. The van der Waals surface area contributed by atoms with Crippen LogP contribution in [0.4, 0.5) is 10.5 Å². The fourth-order valence-electron chi connectivity index (χ4n) is 5.70.